The molecule has 0 bridgehead atoms. The van der Waals surface area contributed by atoms with Crippen molar-refractivity contribution in [1.29, 1.82) is 0 Å². The molecular formula is C15H21ClF2N2. The van der Waals surface area contributed by atoms with Gasteiger partial charge in [0.05, 0.1) is 0 Å². The monoisotopic (exact) mass is 302 g/mol. The molecule has 1 fully saturated rings. The highest BCUT2D eigenvalue weighted by atomic mass is 35.5. The van der Waals surface area contributed by atoms with Crippen LogP contribution in [0.15, 0.2) is 18.2 Å². The molecule has 0 radical (unpaired) electrons. The van der Waals surface area contributed by atoms with Crippen molar-refractivity contribution in [2.75, 3.05) is 0 Å². The number of halogens is 3. The zero-order valence-electron chi connectivity index (χ0n) is 11.6. The fourth-order valence-corrected chi connectivity index (χ4v) is 3.19. The van der Waals surface area contributed by atoms with Crippen LogP contribution in [0.1, 0.15) is 36.8 Å². The van der Waals surface area contributed by atoms with Gasteiger partial charge in [-0.05, 0) is 49.3 Å². The standard InChI is InChI=1S/C15H21ClF2N2/c1-10-2-3-12(13(16)8-10)9-14(20-19)11-4-6-15(17,18)7-5-11/h2-3,8,11,14,20H,4-7,9,19H2,1H3. The fraction of sp³-hybridized carbons (Fsp3) is 0.600. The van der Waals surface area contributed by atoms with Crippen molar-refractivity contribution in [1.82, 2.24) is 5.43 Å². The summed E-state index contributed by atoms with van der Waals surface area (Å²) in [5.74, 6) is 3.29. The summed E-state index contributed by atoms with van der Waals surface area (Å²) in [7, 11) is 0. The Morgan fingerprint density at radius 1 is 1.40 bits per heavy atom. The van der Waals surface area contributed by atoms with E-state index in [0.717, 1.165) is 11.1 Å². The van der Waals surface area contributed by atoms with E-state index < -0.39 is 5.92 Å². The van der Waals surface area contributed by atoms with E-state index in [4.69, 9.17) is 17.4 Å². The second-order valence-electron chi connectivity index (χ2n) is 5.77. The molecule has 1 aromatic carbocycles. The molecule has 1 unspecified atom stereocenters. The molecule has 112 valence electrons. The van der Waals surface area contributed by atoms with Crippen LogP contribution in [-0.2, 0) is 6.42 Å². The van der Waals surface area contributed by atoms with Crippen LogP contribution in [-0.4, -0.2) is 12.0 Å². The lowest BCUT2D eigenvalue weighted by atomic mass is 9.80. The minimum absolute atomic E-state index is 0.00805. The summed E-state index contributed by atoms with van der Waals surface area (Å²) >= 11 is 6.23. The second kappa shape index (κ2) is 6.37. The number of hydrogen-bond acceptors (Lipinski definition) is 2. The van der Waals surface area contributed by atoms with E-state index in [9.17, 15) is 8.78 Å². The number of rotatable bonds is 4. The van der Waals surface area contributed by atoms with Gasteiger partial charge in [0.25, 0.3) is 0 Å². The molecule has 2 nitrogen and oxygen atoms in total. The summed E-state index contributed by atoms with van der Waals surface area (Å²) in [5, 5.41) is 0.714. The number of benzene rings is 1. The summed E-state index contributed by atoms with van der Waals surface area (Å²) in [6.07, 6.45) is 1.59. The van der Waals surface area contributed by atoms with E-state index in [1.807, 2.05) is 25.1 Å². The highest BCUT2D eigenvalue weighted by molar-refractivity contribution is 6.31. The molecule has 1 atom stereocenters. The quantitative estimate of drug-likeness (QED) is 0.655. The van der Waals surface area contributed by atoms with Crippen molar-refractivity contribution >= 4 is 11.6 Å². The third kappa shape index (κ3) is 3.90. The molecule has 5 heteroatoms. The molecule has 0 aliphatic heterocycles. The van der Waals surface area contributed by atoms with Crippen molar-refractivity contribution < 1.29 is 8.78 Å². The van der Waals surface area contributed by atoms with E-state index in [1.165, 1.54) is 0 Å². The van der Waals surface area contributed by atoms with Gasteiger partial charge >= 0.3 is 0 Å². The lowest BCUT2D eigenvalue weighted by molar-refractivity contribution is -0.0495. The first-order valence-electron chi connectivity index (χ1n) is 7.00. The molecule has 0 amide bonds. The van der Waals surface area contributed by atoms with Crippen molar-refractivity contribution in [3.05, 3.63) is 34.3 Å². The Labute approximate surface area is 123 Å². The molecule has 1 aliphatic rings. The zero-order chi connectivity index (χ0) is 14.8. The van der Waals surface area contributed by atoms with Crippen LogP contribution in [0, 0.1) is 12.8 Å². The van der Waals surface area contributed by atoms with Gasteiger partial charge in [-0.3, -0.25) is 11.3 Å². The first-order chi connectivity index (χ1) is 9.41. The van der Waals surface area contributed by atoms with Gasteiger partial charge in [0.1, 0.15) is 0 Å². The molecular weight excluding hydrogens is 282 g/mol. The van der Waals surface area contributed by atoms with E-state index in [0.29, 0.717) is 24.3 Å². The second-order valence-corrected chi connectivity index (χ2v) is 6.17. The van der Waals surface area contributed by atoms with Gasteiger partial charge in [0, 0.05) is 23.9 Å². The molecule has 20 heavy (non-hydrogen) atoms. The molecule has 1 saturated carbocycles. The van der Waals surface area contributed by atoms with Crippen LogP contribution in [0.5, 0.6) is 0 Å². The molecule has 0 aromatic heterocycles. The van der Waals surface area contributed by atoms with Crippen molar-refractivity contribution in [3.8, 4) is 0 Å². The van der Waals surface area contributed by atoms with Gasteiger partial charge in [-0.15, -0.1) is 0 Å². The molecule has 3 N–H and O–H groups in total. The maximum absolute atomic E-state index is 13.2. The molecule has 0 heterocycles. The predicted octanol–water partition coefficient (Wildman–Crippen LogP) is 3.85. The Morgan fingerprint density at radius 2 is 2.05 bits per heavy atom. The topological polar surface area (TPSA) is 38.0 Å². The Bertz CT molecular complexity index is 455. The van der Waals surface area contributed by atoms with Crippen LogP contribution in [0.4, 0.5) is 8.78 Å². The summed E-state index contributed by atoms with van der Waals surface area (Å²) in [4.78, 5) is 0. The first-order valence-corrected chi connectivity index (χ1v) is 7.38. The Morgan fingerprint density at radius 3 is 2.60 bits per heavy atom. The lowest BCUT2D eigenvalue weighted by Crippen LogP contribution is -2.44. The van der Waals surface area contributed by atoms with Gasteiger partial charge < -0.3 is 0 Å². The maximum atomic E-state index is 13.2. The molecule has 1 aliphatic carbocycles. The van der Waals surface area contributed by atoms with E-state index in [2.05, 4.69) is 5.43 Å². The Balaban J connectivity index is 2.02. The molecule has 0 spiro atoms. The highest BCUT2D eigenvalue weighted by Gasteiger charge is 2.37. The summed E-state index contributed by atoms with van der Waals surface area (Å²) in [5.41, 5.74) is 4.90. The van der Waals surface area contributed by atoms with Gasteiger partial charge in [-0.25, -0.2) is 8.78 Å². The van der Waals surface area contributed by atoms with Gasteiger partial charge in [0.2, 0.25) is 5.92 Å². The highest BCUT2D eigenvalue weighted by Crippen LogP contribution is 2.38. The number of aryl methyl sites for hydroxylation is 1. The normalized spacial score (nSPS) is 20.9. The minimum atomic E-state index is -2.50. The summed E-state index contributed by atoms with van der Waals surface area (Å²) in [6.45, 7) is 1.98. The summed E-state index contributed by atoms with van der Waals surface area (Å²) < 4.78 is 26.4. The predicted molar refractivity (Wildman–Crippen MR) is 77.9 cm³/mol. The van der Waals surface area contributed by atoms with E-state index in [-0.39, 0.29) is 24.8 Å². The van der Waals surface area contributed by atoms with Gasteiger partial charge in [-0.1, -0.05) is 23.7 Å². The average Bonchev–Trinajstić information content (AvgIpc) is 2.39. The van der Waals surface area contributed by atoms with Crippen LogP contribution < -0.4 is 11.3 Å². The third-order valence-electron chi connectivity index (χ3n) is 4.19. The van der Waals surface area contributed by atoms with Gasteiger partial charge in [0.15, 0.2) is 0 Å². The van der Waals surface area contributed by atoms with Crippen LogP contribution in [0.3, 0.4) is 0 Å². The number of hydrazine groups is 1. The minimum Gasteiger partial charge on any atom is -0.271 e. The van der Waals surface area contributed by atoms with Gasteiger partial charge in [-0.2, -0.15) is 0 Å². The number of nitrogens with two attached hydrogens (primary N) is 1. The number of nitrogens with one attached hydrogen (secondary N) is 1. The van der Waals surface area contributed by atoms with E-state index in [1.54, 1.807) is 0 Å². The lowest BCUT2D eigenvalue weighted by Gasteiger charge is -2.33. The Kier molecular flexibility index (Phi) is 4.99. The first kappa shape index (κ1) is 15.7. The SMILES string of the molecule is Cc1ccc(CC(NN)C2CCC(F)(F)CC2)c(Cl)c1. The smallest absolute Gasteiger partial charge is 0.248 e. The number of hydrogen-bond donors (Lipinski definition) is 2. The molecule has 1 aromatic rings. The fourth-order valence-electron chi connectivity index (χ4n) is 2.88. The molecule has 0 saturated heterocycles. The zero-order valence-corrected chi connectivity index (χ0v) is 12.4. The molecule has 2 rings (SSSR count). The Hall–Kier alpha value is -0.710. The van der Waals surface area contributed by atoms with Crippen molar-refractivity contribution in [2.24, 2.45) is 11.8 Å². The van der Waals surface area contributed by atoms with Crippen LogP contribution >= 0.6 is 11.6 Å². The largest absolute Gasteiger partial charge is 0.271 e. The maximum Gasteiger partial charge on any atom is 0.248 e. The van der Waals surface area contributed by atoms with Crippen LogP contribution in [0.25, 0.3) is 0 Å². The van der Waals surface area contributed by atoms with Crippen molar-refractivity contribution in [2.45, 2.75) is 51.0 Å². The van der Waals surface area contributed by atoms with Crippen LogP contribution in [0.2, 0.25) is 5.02 Å². The van der Waals surface area contributed by atoms with E-state index >= 15 is 0 Å². The third-order valence-corrected chi connectivity index (χ3v) is 4.55. The van der Waals surface area contributed by atoms with Crippen molar-refractivity contribution in [3.63, 3.8) is 0 Å². The average molecular weight is 303 g/mol. The number of alkyl halides is 2. The summed E-state index contributed by atoms with van der Waals surface area (Å²) in [6, 6.07) is 5.90.